The van der Waals surface area contributed by atoms with E-state index in [0.717, 1.165) is 0 Å². The van der Waals surface area contributed by atoms with Crippen LogP contribution >= 0.6 is 0 Å². The van der Waals surface area contributed by atoms with Gasteiger partial charge in [0.1, 0.15) is 23.9 Å². The highest BCUT2D eigenvalue weighted by atomic mass is 19.3. The third-order valence-corrected chi connectivity index (χ3v) is 6.22. The number of ether oxygens (including phenoxy) is 1. The summed E-state index contributed by atoms with van der Waals surface area (Å²) in [5.74, 6) is -1.20. The van der Waals surface area contributed by atoms with Crippen molar-refractivity contribution >= 4 is 23.0 Å². The van der Waals surface area contributed by atoms with Gasteiger partial charge in [0.2, 0.25) is 11.8 Å². The summed E-state index contributed by atoms with van der Waals surface area (Å²) in [5, 5.41) is 9.39. The van der Waals surface area contributed by atoms with Crippen molar-refractivity contribution in [3.63, 3.8) is 0 Å². The van der Waals surface area contributed by atoms with Crippen LogP contribution in [-0.4, -0.2) is 35.6 Å². The Morgan fingerprint density at radius 1 is 1.02 bits per heavy atom. The van der Waals surface area contributed by atoms with Gasteiger partial charge in [-0.05, 0) is 74.0 Å². The van der Waals surface area contributed by atoms with E-state index in [1.807, 2.05) is 6.92 Å². The van der Waals surface area contributed by atoms with E-state index in [4.69, 9.17) is 10.5 Å². The van der Waals surface area contributed by atoms with Crippen molar-refractivity contribution in [2.24, 2.45) is 0 Å². The summed E-state index contributed by atoms with van der Waals surface area (Å²) in [4.78, 5) is 28.6. The highest BCUT2D eigenvalue weighted by molar-refractivity contribution is 5.92. The van der Waals surface area contributed by atoms with Gasteiger partial charge in [-0.15, -0.1) is 0 Å². The fourth-order valence-electron chi connectivity index (χ4n) is 4.49. The number of aromatic carboxylic acids is 1. The van der Waals surface area contributed by atoms with Crippen molar-refractivity contribution in [2.45, 2.75) is 33.4 Å². The molecule has 3 heterocycles. The minimum atomic E-state index is -2.83. The number of imidazole rings is 1. The third kappa shape index (κ3) is 5.15. The molecule has 5 aromatic rings. The van der Waals surface area contributed by atoms with Crippen molar-refractivity contribution < 1.29 is 27.8 Å². The number of nitrogens with two attached hydrogens (primary N) is 1. The summed E-state index contributed by atoms with van der Waals surface area (Å²) in [6, 6.07) is 12.9. The van der Waals surface area contributed by atoms with Gasteiger partial charge in [0.15, 0.2) is 0 Å². The number of halogens is 3. The maximum Gasteiger partial charge on any atom is 0.335 e. The lowest BCUT2D eigenvalue weighted by molar-refractivity contribution is 0.0697. The number of benzene rings is 2. The quantitative estimate of drug-likeness (QED) is 0.248. The number of aryl methyl sites for hydroxylation is 2. The van der Waals surface area contributed by atoms with Crippen LogP contribution in [0.3, 0.4) is 0 Å². The zero-order valence-corrected chi connectivity index (χ0v) is 21.4. The fraction of sp³-hybridized carbons (Fsp3) is 0.179. The van der Waals surface area contributed by atoms with Gasteiger partial charge in [0.25, 0.3) is 6.43 Å². The van der Waals surface area contributed by atoms with Gasteiger partial charge in [0.05, 0.1) is 27.9 Å². The molecule has 0 fully saturated rings. The van der Waals surface area contributed by atoms with Crippen LogP contribution in [0.2, 0.25) is 0 Å². The fourth-order valence-corrected chi connectivity index (χ4v) is 4.49. The van der Waals surface area contributed by atoms with Gasteiger partial charge < -0.3 is 20.1 Å². The number of rotatable bonds is 8. The van der Waals surface area contributed by atoms with Crippen LogP contribution < -0.4 is 10.5 Å². The number of hydrogen-bond acceptors (Lipinski definition) is 7. The average Bonchev–Trinajstić information content (AvgIpc) is 3.28. The summed E-state index contributed by atoms with van der Waals surface area (Å²) < 4.78 is 49.0. The van der Waals surface area contributed by atoms with Crippen LogP contribution in [0, 0.1) is 12.7 Å². The molecule has 3 aromatic heterocycles. The summed E-state index contributed by atoms with van der Waals surface area (Å²) in [6.07, 6.45) is -2.83. The molecule has 0 radical (unpaired) electrons. The second-order valence-electron chi connectivity index (χ2n) is 8.91. The van der Waals surface area contributed by atoms with E-state index in [1.54, 1.807) is 23.6 Å². The van der Waals surface area contributed by atoms with E-state index in [9.17, 15) is 23.1 Å². The van der Waals surface area contributed by atoms with Gasteiger partial charge in [-0.1, -0.05) is 0 Å². The number of carbonyl (C=O) groups is 1. The lowest BCUT2D eigenvalue weighted by Crippen LogP contribution is -2.10. The minimum absolute atomic E-state index is 0.00132. The Hall–Kier alpha value is -5.00. The molecule has 0 aliphatic rings. The molecule has 0 aliphatic carbocycles. The lowest BCUT2D eigenvalue weighted by Gasteiger charge is -2.17. The second kappa shape index (κ2) is 10.6. The Bertz CT molecular complexity index is 1740. The van der Waals surface area contributed by atoms with Crippen LogP contribution in [-0.2, 0) is 13.2 Å². The number of nitrogens with zero attached hydrogens (tertiary/aromatic N) is 5. The number of carboxylic acid groups (broad SMARTS) is 1. The van der Waals surface area contributed by atoms with Crippen LogP contribution in [0.15, 0.2) is 54.6 Å². The molecule has 3 N–H and O–H groups in total. The lowest BCUT2D eigenvalue weighted by atomic mass is 9.99. The van der Waals surface area contributed by atoms with E-state index < -0.39 is 23.9 Å². The Labute approximate surface area is 226 Å². The molecule has 204 valence electrons. The largest absolute Gasteiger partial charge is 0.478 e. The van der Waals surface area contributed by atoms with E-state index >= 15 is 0 Å². The number of aromatic nitrogens is 5. The van der Waals surface area contributed by atoms with Gasteiger partial charge in [-0.2, -0.15) is 4.98 Å². The molecule has 0 saturated heterocycles. The first-order valence-corrected chi connectivity index (χ1v) is 12.2. The smallest absolute Gasteiger partial charge is 0.335 e. The predicted octanol–water partition coefficient (Wildman–Crippen LogP) is 5.82. The highest BCUT2D eigenvalue weighted by Crippen LogP contribution is 2.39. The Morgan fingerprint density at radius 2 is 1.77 bits per heavy atom. The topological polar surface area (TPSA) is 129 Å². The van der Waals surface area contributed by atoms with E-state index in [-0.39, 0.29) is 35.3 Å². The molecule has 0 amide bonds. The predicted molar refractivity (Wildman–Crippen MR) is 141 cm³/mol. The van der Waals surface area contributed by atoms with Crippen molar-refractivity contribution in [1.82, 2.24) is 24.5 Å². The zero-order chi connectivity index (χ0) is 28.6. The van der Waals surface area contributed by atoms with Crippen molar-refractivity contribution in [3.8, 4) is 28.3 Å². The molecule has 9 nitrogen and oxygen atoms in total. The van der Waals surface area contributed by atoms with Gasteiger partial charge in [0, 0.05) is 17.8 Å². The first-order valence-electron chi connectivity index (χ1n) is 12.2. The van der Waals surface area contributed by atoms with Crippen molar-refractivity contribution in [3.05, 3.63) is 83.2 Å². The summed E-state index contributed by atoms with van der Waals surface area (Å²) in [6.45, 7) is 3.83. The molecular formula is C28H23F3N6O3. The van der Waals surface area contributed by atoms with Gasteiger partial charge >= 0.3 is 5.97 Å². The van der Waals surface area contributed by atoms with E-state index in [0.29, 0.717) is 40.2 Å². The monoisotopic (exact) mass is 548 g/mol. The molecular weight excluding hydrogens is 525 g/mol. The molecule has 0 aliphatic heterocycles. The summed E-state index contributed by atoms with van der Waals surface area (Å²) >= 11 is 0. The van der Waals surface area contributed by atoms with Crippen LogP contribution in [0.5, 0.6) is 5.88 Å². The third-order valence-electron chi connectivity index (χ3n) is 6.22. The standard InChI is InChI=1S/C28H23F3N6O3/c1-3-37-21-12-16(27(38)39)6-9-19(21)34-22(37)13-40-26-23(17-10-14(2)33-20(11-17)25(30)31)24(35-28(32)36-26)15-4-7-18(29)8-5-15/h4-12,25H,3,13H2,1-2H3,(H,38,39)(H2,32,35,36). The number of fused-ring (bicyclic) bond motifs is 1. The van der Waals surface area contributed by atoms with Gasteiger partial charge in [-0.25, -0.2) is 27.9 Å². The minimum Gasteiger partial charge on any atom is -0.478 e. The number of nitrogen functional groups attached to an aromatic ring is 1. The SMILES string of the molecule is CCn1c(COc2nc(N)nc(-c3ccc(F)cc3)c2-c2cc(C)nc(C(F)F)c2)nc2ccc(C(=O)O)cc21. The van der Waals surface area contributed by atoms with Crippen LogP contribution in [0.25, 0.3) is 33.4 Å². The van der Waals surface area contributed by atoms with E-state index in [2.05, 4.69) is 19.9 Å². The molecule has 5 rings (SSSR count). The molecule has 12 heteroatoms. The molecule has 0 atom stereocenters. The number of pyridine rings is 1. The number of hydrogen-bond donors (Lipinski definition) is 2. The Kier molecular flexibility index (Phi) is 7.07. The maximum atomic E-state index is 13.7. The van der Waals surface area contributed by atoms with Gasteiger partial charge in [-0.3, -0.25) is 4.98 Å². The number of anilines is 1. The first-order chi connectivity index (χ1) is 19.1. The highest BCUT2D eigenvalue weighted by Gasteiger charge is 2.22. The molecule has 0 spiro atoms. The molecule has 2 aromatic carbocycles. The maximum absolute atomic E-state index is 13.7. The second-order valence-corrected chi connectivity index (χ2v) is 8.91. The molecule has 40 heavy (non-hydrogen) atoms. The summed E-state index contributed by atoms with van der Waals surface area (Å²) in [7, 11) is 0. The Morgan fingerprint density at radius 3 is 2.45 bits per heavy atom. The van der Waals surface area contributed by atoms with Crippen LogP contribution in [0.4, 0.5) is 19.1 Å². The zero-order valence-electron chi connectivity index (χ0n) is 21.4. The number of carboxylic acids is 1. The van der Waals surface area contributed by atoms with Crippen molar-refractivity contribution in [2.75, 3.05) is 5.73 Å². The normalized spacial score (nSPS) is 11.3. The number of alkyl halides is 2. The van der Waals surface area contributed by atoms with Crippen molar-refractivity contribution in [1.29, 1.82) is 0 Å². The summed E-state index contributed by atoms with van der Waals surface area (Å²) in [5.41, 5.74) is 8.52. The average molecular weight is 549 g/mol. The molecule has 0 bridgehead atoms. The molecule has 0 unspecified atom stereocenters. The molecule has 0 saturated carbocycles. The van der Waals surface area contributed by atoms with E-state index in [1.165, 1.54) is 42.5 Å². The first kappa shape index (κ1) is 26.6. The van der Waals surface area contributed by atoms with Crippen LogP contribution in [0.1, 0.15) is 40.9 Å². The Balaban J connectivity index is 1.65.